The van der Waals surface area contributed by atoms with Crippen molar-refractivity contribution in [2.45, 2.75) is 12.3 Å². The van der Waals surface area contributed by atoms with Gasteiger partial charge in [0.1, 0.15) is 0 Å². The fourth-order valence-corrected chi connectivity index (χ4v) is 3.49. The quantitative estimate of drug-likeness (QED) is 0.710. The van der Waals surface area contributed by atoms with Crippen LogP contribution in [0, 0.1) is 0 Å². The molecule has 2 nitrogen and oxygen atoms in total. The normalized spacial score (nSPS) is 11.9. The molecule has 0 aliphatic rings. The predicted octanol–water partition coefficient (Wildman–Crippen LogP) is 4.41. The first-order chi connectivity index (χ1) is 8.71. The largest absolute Gasteiger partial charge is 0.364 e. The van der Waals surface area contributed by atoms with Crippen LogP contribution in [0.3, 0.4) is 0 Å². The van der Waals surface area contributed by atoms with Crippen molar-refractivity contribution in [3.05, 3.63) is 69.4 Å². The molecule has 0 atom stereocenters. The van der Waals surface area contributed by atoms with Gasteiger partial charge in [0.2, 0.25) is 0 Å². The molecule has 2 N–H and O–H groups in total. The van der Waals surface area contributed by atoms with Gasteiger partial charge in [-0.1, -0.05) is 11.6 Å². The van der Waals surface area contributed by atoms with Crippen molar-refractivity contribution < 1.29 is 0 Å². The van der Waals surface area contributed by atoms with Gasteiger partial charge in [-0.3, -0.25) is 0 Å². The number of aromatic nitrogens is 2. The maximum absolute atomic E-state index is 6.09. The fourth-order valence-electron chi connectivity index (χ4n) is 2.28. The van der Waals surface area contributed by atoms with E-state index >= 15 is 0 Å². The summed E-state index contributed by atoms with van der Waals surface area (Å²) in [5.41, 5.74) is 2.09. The number of halogens is 1. The second-order valence-electron chi connectivity index (χ2n) is 4.40. The zero-order valence-electron chi connectivity index (χ0n) is 9.91. The van der Waals surface area contributed by atoms with E-state index in [0.717, 1.165) is 15.7 Å². The van der Waals surface area contributed by atoms with Gasteiger partial charge in [0.05, 0.1) is 9.75 Å². The molecule has 0 aliphatic carbocycles. The Morgan fingerprint density at radius 3 is 2.00 bits per heavy atom. The van der Waals surface area contributed by atoms with Crippen LogP contribution in [0.1, 0.15) is 23.2 Å². The Hall–Kier alpha value is -1.45. The zero-order chi connectivity index (χ0) is 12.6. The third-order valence-electron chi connectivity index (χ3n) is 3.34. The molecule has 3 rings (SSSR count). The first kappa shape index (κ1) is 11.6. The van der Waals surface area contributed by atoms with E-state index in [1.165, 1.54) is 4.88 Å². The molecule has 0 unspecified atom stereocenters. The predicted molar refractivity (Wildman–Crippen MR) is 76.5 cm³/mol. The minimum absolute atomic E-state index is 0.217. The molecule has 0 aliphatic heterocycles. The van der Waals surface area contributed by atoms with E-state index in [2.05, 4.69) is 35.1 Å². The van der Waals surface area contributed by atoms with Crippen LogP contribution in [0.2, 0.25) is 4.34 Å². The first-order valence-electron chi connectivity index (χ1n) is 5.75. The summed E-state index contributed by atoms with van der Waals surface area (Å²) in [7, 11) is 0. The lowest BCUT2D eigenvalue weighted by Gasteiger charge is -2.26. The van der Waals surface area contributed by atoms with Gasteiger partial charge < -0.3 is 9.97 Å². The summed E-state index contributed by atoms with van der Waals surface area (Å²) in [6.45, 7) is 2.20. The smallest absolute Gasteiger partial charge is 0.0931 e. The highest BCUT2D eigenvalue weighted by atomic mass is 35.5. The van der Waals surface area contributed by atoms with Crippen LogP contribution in [-0.4, -0.2) is 9.97 Å². The van der Waals surface area contributed by atoms with Crippen molar-refractivity contribution in [3.8, 4) is 0 Å². The molecule has 3 aromatic heterocycles. The molecule has 0 saturated heterocycles. The van der Waals surface area contributed by atoms with E-state index in [0.29, 0.717) is 0 Å². The lowest BCUT2D eigenvalue weighted by Crippen LogP contribution is -2.25. The molecule has 0 spiro atoms. The maximum Gasteiger partial charge on any atom is 0.0931 e. The molecule has 0 fully saturated rings. The van der Waals surface area contributed by atoms with Crippen molar-refractivity contribution in [2.24, 2.45) is 0 Å². The van der Waals surface area contributed by atoms with Crippen LogP contribution in [0.5, 0.6) is 0 Å². The maximum atomic E-state index is 6.09. The Morgan fingerprint density at radius 2 is 1.61 bits per heavy atom. The zero-order valence-corrected chi connectivity index (χ0v) is 11.5. The van der Waals surface area contributed by atoms with E-state index in [9.17, 15) is 0 Å². The monoisotopic (exact) mass is 276 g/mol. The summed E-state index contributed by atoms with van der Waals surface area (Å²) in [6, 6.07) is 12.3. The van der Waals surface area contributed by atoms with Crippen molar-refractivity contribution in [2.75, 3.05) is 0 Å². The molecule has 0 radical (unpaired) electrons. The number of thiophene rings is 1. The van der Waals surface area contributed by atoms with Gasteiger partial charge in [0.25, 0.3) is 0 Å². The Bertz CT molecular complexity index is 588. The molecule has 3 heterocycles. The summed E-state index contributed by atoms with van der Waals surface area (Å²) in [5, 5.41) is 0. The molecule has 18 heavy (non-hydrogen) atoms. The van der Waals surface area contributed by atoms with Crippen molar-refractivity contribution in [3.63, 3.8) is 0 Å². The summed E-state index contributed by atoms with van der Waals surface area (Å²) in [5.74, 6) is 0. The Balaban J connectivity index is 2.21. The van der Waals surface area contributed by atoms with E-state index in [1.807, 2.05) is 30.6 Å². The van der Waals surface area contributed by atoms with E-state index in [4.69, 9.17) is 11.6 Å². The molecule has 4 heteroatoms. The van der Waals surface area contributed by atoms with Crippen molar-refractivity contribution >= 4 is 22.9 Å². The second kappa shape index (κ2) is 4.34. The number of nitrogens with one attached hydrogen (secondary N) is 2. The molecule has 0 bridgehead atoms. The lowest BCUT2D eigenvalue weighted by molar-refractivity contribution is 0.665. The third kappa shape index (κ3) is 1.71. The fraction of sp³-hybridized carbons (Fsp3) is 0.143. The van der Waals surface area contributed by atoms with Crippen molar-refractivity contribution in [1.82, 2.24) is 9.97 Å². The van der Waals surface area contributed by atoms with Crippen LogP contribution in [0.15, 0.2) is 48.8 Å². The summed E-state index contributed by atoms with van der Waals surface area (Å²) >= 11 is 7.70. The SMILES string of the molecule is CC(c1ccc[nH]1)(c1ccc[nH]1)c1ccc(Cl)s1. The average Bonchev–Trinajstić information content (AvgIpc) is 3.11. The van der Waals surface area contributed by atoms with E-state index in [1.54, 1.807) is 11.3 Å². The molecule has 3 aromatic rings. The van der Waals surface area contributed by atoms with Gasteiger partial charge in [-0.2, -0.15) is 0 Å². The third-order valence-corrected chi connectivity index (χ3v) is 4.79. The first-order valence-corrected chi connectivity index (χ1v) is 6.94. The molecule has 92 valence electrons. The number of hydrogen-bond donors (Lipinski definition) is 2. The van der Waals surface area contributed by atoms with Crippen LogP contribution < -0.4 is 0 Å². The Labute approximate surface area is 115 Å². The highest BCUT2D eigenvalue weighted by Crippen LogP contribution is 2.41. The average molecular weight is 277 g/mol. The van der Waals surface area contributed by atoms with Crippen LogP contribution >= 0.6 is 22.9 Å². The Morgan fingerprint density at radius 1 is 1.00 bits per heavy atom. The van der Waals surface area contributed by atoms with Gasteiger partial charge in [0, 0.05) is 28.7 Å². The van der Waals surface area contributed by atoms with Gasteiger partial charge in [-0.25, -0.2) is 0 Å². The second-order valence-corrected chi connectivity index (χ2v) is 6.11. The number of H-pyrrole nitrogens is 2. The molecular formula is C14H13ClN2S. The summed E-state index contributed by atoms with van der Waals surface area (Å²) in [4.78, 5) is 7.85. The number of rotatable bonds is 3. The van der Waals surface area contributed by atoms with Crippen LogP contribution in [0.4, 0.5) is 0 Å². The highest BCUT2D eigenvalue weighted by Gasteiger charge is 2.34. The lowest BCUT2D eigenvalue weighted by atomic mass is 9.82. The summed E-state index contributed by atoms with van der Waals surface area (Å²) in [6.07, 6.45) is 3.90. The van der Waals surface area contributed by atoms with Crippen molar-refractivity contribution in [1.29, 1.82) is 0 Å². The highest BCUT2D eigenvalue weighted by molar-refractivity contribution is 7.16. The number of hydrogen-bond acceptors (Lipinski definition) is 1. The topological polar surface area (TPSA) is 31.6 Å². The van der Waals surface area contributed by atoms with Gasteiger partial charge in [-0.15, -0.1) is 11.3 Å². The summed E-state index contributed by atoms with van der Waals surface area (Å²) < 4.78 is 0.814. The minimum Gasteiger partial charge on any atom is -0.364 e. The van der Waals surface area contributed by atoms with Gasteiger partial charge in [0.15, 0.2) is 0 Å². The Kier molecular flexibility index (Phi) is 2.80. The molecular weight excluding hydrogens is 264 g/mol. The minimum atomic E-state index is -0.217. The molecule has 0 amide bonds. The van der Waals surface area contributed by atoms with Crippen LogP contribution in [0.25, 0.3) is 0 Å². The van der Waals surface area contributed by atoms with Crippen LogP contribution in [-0.2, 0) is 5.41 Å². The number of aromatic amines is 2. The molecule has 0 saturated carbocycles. The standard InChI is InChI=1S/C14H13ClN2S/c1-14(10-4-2-8-16-10,11-5-3-9-17-11)12-6-7-13(15)18-12/h2-9,16-17H,1H3. The van der Waals surface area contributed by atoms with E-state index < -0.39 is 0 Å². The molecule has 0 aromatic carbocycles. The van der Waals surface area contributed by atoms with Gasteiger partial charge in [-0.05, 0) is 43.3 Å². The van der Waals surface area contributed by atoms with Gasteiger partial charge >= 0.3 is 0 Å². The van der Waals surface area contributed by atoms with E-state index in [-0.39, 0.29) is 5.41 Å².